The molecule has 2 heterocycles. The Kier molecular flexibility index (Phi) is 12.3. The first-order chi connectivity index (χ1) is 24.1. The quantitative estimate of drug-likeness (QED) is 0.224. The van der Waals surface area contributed by atoms with Gasteiger partial charge in [0.15, 0.2) is 5.60 Å². The van der Waals surface area contributed by atoms with Crippen molar-refractivity contribution in [2.24, 2.45) is 17.8 Å². The minimum absolute atomic E-state index is 0.0322. The van der Waals surface area contributed by atoms with Crippen molar-refractivity contribution >= 4 is 40.8 Å². The van der Waals surface area contributed by atoms with Crippen LogP contribution < -0.4 is 14.4 Å². The molecule has 2 bridgehead atoms. The molecule has 2 N–H and O–H groups in total. The molecule has 1 amide bonds. The molecule has 0 spiro atoms. The lowest BCUT2D eigenvalue weighted by atomic mass is 9.64. The molecule has 10 nitrogen and oxygen atoms in total. The predicted octanol–water partition coefficient (Wildman–Crippen LogP) is 7.72. The van der Waals surface area contributed by atoms with Gasteiger partial charge in [0.1, 0.15) is 12.4 Å². The summed E-state index contributed by atoms with van der Waals surface area (Å²) in [5.41, 5.74) is -4.76. The van der Waals surface area contributed by atoms with Crippen LogP contribution >= 0.6 is 19.2 Å². The Labute approximate surface area is 304 Å². The van der Waals surface area contributed by atoms with Gasteiger partial charge < -0.3 is 23.8 Å². The highest BCUT2D eigenvalue weighted by molar-refractivity contribution is 7.90. The second-order valence-corrected chi connectivity index (χ2v) is 18.3. The molecule has 282 valence electrons. The molecule has 2 aromatic carbocycles. The van der Waals surface area contributed by atoms with Gasteiger partial charge >= 0.3 is 13.3 Å². The van der Waals surface area contributed by atoms with Crippen molar-refractivity contribution in [1.82, 2.24) is 4.72 Å². The lowest BCUT2D eigenvalue weighted by molar-refractivity contribution is -0.171. The number of anilines is 1. The zero-order valence-corrected chi connectivity index (χ0v) is 31.9. The molecule has 15 heteroatoms. The lowest BCUT2D eigenvalue weighted by Gasteiger charge is -2.51. The van der Waals surface area contributed by atoms with E-state index >= 15 is 8.78 Å². The molecule has 3 aliphatic rings. The number of alkyl halides is 2. The number of nitrogens with zero attached hydrogens (tertiary/aromatic N) is 1. The van der Waals surface area contributed by atoms with Gasteiger partial charge in [0, 0.05) is 29.6 Å². The van der Waals surface area contributed by atoms with E-state index in [4.69, 9.17) is 25.4 Å². The average Bonchev–Trinajstić information content (AvgIpc) is 3.08. The molecular weight excluding hydrogens is 725 g/mol. The summed E-state index contributed by atoms with van der Waals surface area (Å²) in [6.07, 6.45) is 5.09. The van der Waals surface area contributed by atoms with E-state index in [-0.39, 0.29) is 44.8 Å². The molecule has 0 unspecified atom stereocenters. The Morgan fingerprint density at radius 2 is 1.82 bits per heavy atom. The summed E-state index contributed by atoms with van der Waals surface area (Å²) in [6, 6.07) is 10.3. The van der Waals surface area contributed by atoms with Crippen molar-refractivity contribution in [3.05, 3.63) is 70.3 Å². The molecule has 1 fully saturated rings. The van der Waals surface area contributed by atoms with Crippen LogP contribution in [0, 0.1) is 17.8 Å². The van der Waals surface area contributed by atoms with Gasteiger partial charge in [-0.15, -0.1) is 0 Å². The van der Waals surface area contributed by atoms with Crippen LogP contribution in [0.2, 0.25) is 5.02 Å². The minimum Gasteiger partial charge on any atom is -0.487 e. The summed E-state index contributed by atoms with van der Waals surface area (Å²) >= 11 is 6.31. The third-order valence-corrected chi connectivity index (χ3v) is 14.9. The van der Waals surface area contributed by atoms with Gasteiger partial charge in [-0.2, -0.15) is 8.78 Å². The molecule has 0 radical (unpaired) electrons. The topological polar surface area (TPSA) is 131 Å². The summed E-state index contributed by atoms with van der Waals surface area (Å²) in [4.78, 5) is 15.4. The number of ether oxygens (including phenoxy) is 1. The van der Waals surface area contributed by atoms with Gasteiger partial charge in [0.25, 0.3) is 5.91 Å². The van der Waals surface area contributed by atoms with Gasteiger partial charge in [-0.3, -0.25) is 9.36 Å². The first-order valence-electron chi connectivity index (χ1n) is 17.6. The molecule has 2 aliphatic heterocycles. The Balaban J connectivity index is 1.63. The number of fused-ring (bicyclic) bond motifs is 3. The molecule has 1 saturated carbocycles. The number of sulfonamides is 1. The van der Waals surface area contributed by atoms with Crippen LogP contribution in [0.4, 0.5) is 14.5 Å². The van der Waals surface area contributed by atoms with E-state index in [1.54, 1.807) is 25.1 Å². The van der Waals surface area contributed by atoms with Gasteiger partial charge in [0.05, 0.1) is 24.2 Å². The Bertz CT molecular complexity index is 1770. The van der Waals surface area contributed by atoms with Crippen molar-refractivity contribution in [3.8, 4) is 5.75 Å². The van der Waals surface area contributed by atoms with Crippen molar-refractivity contribution in [3.63, 3.8) is 0 Å². The van der Waals surface area contributed by atoms with Crippen molar-refractivity contribution in [2.45, 2.75) is 89.3 Å². The number of hydrogen-bond donors (Lipinski definition) is 2. The molecule has 0 aromatic heterocycles. The largest absolute Gasteiger partial charge is 0.487 e. The fourth-order valence-electron chi connectivity index (χ4n) is 7.18. The molecule has 51 heavy (non-hydrogen) atoms. The zero-order valence-electron chi connectivity index (χ0n) is 29.4. The fourth-order valence-corrected chi connectivity index (χ4v) is 10.4. The first kappa shape index (κ1) is 39.7. The van der Waals surface area contributed by atoms with E-state index in [1.165, 1.54) is 32.9 Å². The fraction of sp³-hybridized carbons (Fsp3) is 0.583. The van der Waals surface area contributed by atoms with Gasteiger partial charge in [-0.05, 0) is 113 Å². The SMILES string of the molecule is CCOP(=O)(OCC)C(F)(F)[C@]1(O)/C=C\C[C@H](C)[C@@H](C)S(=O)(=O)NC(=O)c2ccc3c(c2)N(CCCCc2cc(Cl)ccc2CO3)C[C@@H]2CC[C@H]21. The van der Waals surface area contributed by atoms with Crippen LogP contribution in [-0.2, 0) is 36.7 Å². The summed E-state index contributed by atoms with van der Waals surface area (Å²) in [7, 11) is -9.42. The number of carbonyl (C=O) groups excluding carboxylic acids is 1. The van der Waals surface area contributed by atoms with E-state index in [2.05, 4.69) is 4.72 Å². The second kappa shape index (κ2) is 15.8. The summed E-state index contributed by atoms with van der Waals surface area (Å²) in [5, 5.41) is 11.7. The molecule has 5 rings (SSSR count). The standard InChI is InChI=1S/C36H48ClF2N2O8PS/c1-5-48-50(44,49-6-2)36(38,39)35(43)18-9-10-24(3)25(4)51(45,46)40-34(42)27-14-17-33-32(21-27)41(22-28-13-16-31(28)35)19-8-7-11-26-20-30(37)15-12-29(26)23-47-33/h9,12,14-15,17-18,20-21,24-25,28,31,43H,5-8,10-11,13,16,19,22-23H2,1-4H3,(H,40,42)/b18-9-/t24-,25+,28-,31+,35-/m0/s1. The van der Waals surface area contributed by atoms with Crippen LogP contribution in [0.5, 0.6) is 5.75 Å². The van der Waals surface area contributed by atoms with Gasteiger partial charge in [-0.25, -0.2) is 13.1 Å². The second-order valence-electron chi connectivity index (χ2n) is 13.7. The van der Waals surface area contributed by atoms with Crippen molar-refractivity contribution in [1.29, 1.82) is 0 Å². The van der Waals surface area contributed by atoms with Gasteiger partial charge in [-0.1, -0.05) is 36.7 Å². The Morgan fingerprint density at radius 1 is 1.10 bits per heavy atom. The number of halogens is 3. The summed E-state index contributed by atoms with van der Waals surface area (Å²) < 4.78 is 92.8. The van der Waals surface area contributed by atoms with Crippen LogP contribution in [0.25, 0.3) is 0 Å². The number of hydrogen-bond acceptors (Lipinski definition) is 9. The zero-order chi connectivity index (χ0) is 37.2. The van der Waals surface area contributed by atoms with E-state index in [9.17, 15) is 22.9 Å². The van der Waals surface area contributed by atoms with Crippen LogP contribution in [0.15, 0.2) is 48.6 Å². The highest BCUT2D eigenvalue weighted by atomic mass is 35.5. The predicted molar refractivity (Wildman–Crippen MR) is 193 cm³/mol. The number of nitrogens with one attached hydrogen (secondary N) is 1. The maximum Gasteiger partial charge on any atom is 0.403 e. The number of aliphatic hydroxyl groups is 1. The van der Waals surface area contributed by atoms with E-state index < -0.39 is 57.8 Å². The maximum absolute atomic E-state index is 16.8. The van der Waals surface area contributed by atoms with E-state index in [0.717, 1.165) is 30.0 Å². The maximum atomic E-state index is 16.8. The first-order valence-corrected chi connectivity index (χ1v) is 21.1. The smallest absolute Gasteiger partial charge is 0.403 e. The number of aryl methyl sites for hydroxylation is 1. The highest BCUT2D eigenvalue weighted by Crippen LogP contribution is 2.69. The normalized spacial score (nSPS) is 28.2. The van der Waals surface area contributed by atoms with Crippen molar-refractivity contribution in [2.75, 3.05) is 31.2 Å². The molecule has 1 aliphatic carbocycles. The monoisotopic (exact) mass is 772 g/mol. The van der Waals surface area contributed by atoms with Crippen molar-refractivity contribution < 1.29 is 45.4 Å². The lowest BCUT2D eigenvalue weighted by Crippen LogP contribution is -2.59. The summed E-state index contributed by atoms with van der Waals surface area (Å²) in [6.45, 7) is 6.03. The average molecular weight is 773 g/mol. The number of benzene rings is 2. The third-order valence-electron chi connectivity index (χ3n) is 10.5. The third kappa shape index (κ3) is 8.04. The van der Waals surface area contributed by atoms with Crippen LogP contribution in [0.3, 0.4) is 0 Å². The number of rotatable bonds is 6. The number of amides is 1. The van der Waals surface area contributed by atoms with E-state index in [0.29, 0.717) is 35.8 Å². The molecule has 5 atom stereocenters. The molecule has 0 saturated heterocycles. The van der Waals surface area contributed by atoms with Gasteiger partial charge in [0.2, 0.25) is 10.0 Å². The number of carbonyl (C=O) groups is 1. The summed E-state index contributed by atoms with van der Waals surface area (Å²) in [5.74, 6) is -2.61. The number of allylic oxidation sites excluding steroid dienone is 1. The molecule has 2 aromatic rings. The van der Waals surface area contributed by atoms with Crippen LogP contribution in [0.1, 0.15) is 81.3 Å². The van der Waals surface area contributed by atoms with Crippen LogP contribution in [-0.4, -0.2) is 62.2 Å². The van der Waals surface area contributed by atoms with E-state index in [1.807, 2.05) is 17.0 Å². The Hall–Kier alpha value is -2.54. The molecular formula is C36H48ClF2N2O8PS. The minimum atomic E-state index is -5.19. The highest BCUT2D eigenvalue weighted by Gasteiger charge is 2.70. The Morgan fingerprint density at radius 3 is 2.49 bits per heavy atom.